The Morgan fingerprint density at radius 2 is 1.76 bits per heavy atom. The van der Waals surface area contributed by atoms with Crippen LogP contribution in [0.4, 0.5) is 8.78 Å². The molecule has 2 aliphatic rings. The molecule has 4 aromatic rings. The van der Waals surface area contributed by atoms with Crippen molar-refractivity contribution in [2.24, 2.45) is 0 Å². The van der Waals surface area contributed by atoms with E-state index in [1.165, 1.54) is 44.2 Å². The lowest BCUT2D eigenvalue weighted by Crippen LogP contribution is -2.03. The van der Waals surface area contributed by atoms with Crippen molar-refractivity contribution < 1.29 is 13.5 Å². The summed E-state index contributed by atoms with van der Waals surface area (Å²) in [4.78, 5) is 8.47. The molecule has 0 unspecified atom stereocenters. The first-order chi connectivity index (χ1) is 16.1. The molecule has 1 aliphatic heterocycles. The number of halogens is 2. The summed E-state index contributed by atoms with van der Waals surface area (Å²) in [5.74, 6) is -1.18. The topological polar surface area (TPSA) is 52.8 Å². The fourth-order valence-electron chi connectivity index (χ4n) is 3.59. The van der Waals surface area contributed by atoms with Gasteiger partial charge in [0.15, 0.2) is 5.65 Å². The highest BCUT2D eigenvalue weighted by molar-refractivity contribution is 5.92. The predicted molar refractivity (Wildman–Crippen MR) is 125 cm³/mol. The van der Waals surface area contributed by atoms with Crippen molar-refractivity contribution in [1.82, 2.24) is 19.7 Å². The molecule has 0 N–H and O–H groups in total. The summed E-state index contributed by atoms with van der Waals surface area (Å²) in [5.41, 5.74) is 2.41. The first-order valence-corrected chi connectivity index (χ1v) is 11.4. The molecule has 1 aliphatic carbocycles. The number of ether oxygens (including phenoxy) is 1. The number of rotatable bonds is 2. The third kappa shape index (κ3) is 6.42. The number of aryl methyl sites for hydroxylation is 1. The Hall–Kier alpha value is -3.19. The lowest BCUT2D eigenvalue weighted by atomic mass is 10.0. The Bertz CT molecular complexity index is 1160. The van der Waals surface area contributed by atoms with E-state index < -0.39 is 11.6 Å². The minimum atomic E-state index is -0.590. The van der Waals surface area contributed by atoms with Gasteiger partial charge in [-0.3, -0.25) is 4.68 Å². The molecule has 1 saturated carbocycles. The van der Waals surface area contributed by atoms with Crippen molar-refractivity contribution in [3.8, 4) is 11.1 Å². The molecule has 0 spiro atoms. The van der Waals surface area contributed by atoms with Crippen LogP contribution >= 0.6 is 0 Å². The molecule has 1 aromatic carbocycles. The minimum absolute atomic E-state index is 0.347. The van der Waals surface area contributed by atoms with Crippen molar-refractivity contribution in [2.45, 2.75) is 45.1 Å². The van der Waals surface area contributed by atoms with Crippen LogP contribution in [0.25, 0.3) is 22.2 Å². The molecule has 0 bridgehead atoms. The number of pyridine rings is 2. The van der Waals surface area contributed by atoms with Crippen molar-refractivity contribution in [1.29, 1.82) is 0 Å². The number of fused-ring (bicyclic) bond motifs is 1. The number of hydrogen-bond acceptors (Lipinski definition) is 4. The Kier molecular flexibility index (Phi) is 7.73. The van der Waals surface area contributed by atoms with E-state index in [4.69, 9.17) is 4.74 Å². The summed E-state index contributed by atoms with van der Waals surface area (Å²) in [6.07, 6.45) is 12.0. The molecule has 33 heavy (non-hydrogen) atoms. The second kappa shape index (κ2) is 11.1. The molecular weight excluding hydrogens is 422 g/mol. The van der Waals surface area contributed by atoms with E-state index >= 15 is 0 Å². The lowest BCUT2D eigenvalue weighted by Gasteiger charge is -2.08. The Labute approximate surface area is 192 Å². The van der Waals surface area contributed by atoms with Crippen LogP contribution in [0.2, 0.25) is 0 Å². The second-order valence-corrected chi connectivity index (χ2v) is 8.20. The summed E-state index contributed by atoms with van der Waals surface area (Å²) in [6, 6.07) is 11.7. The highest BCUT2D eigenvalue weighted by Gasteiger charge is 2.22. The fraction of sp³-hybridized carbons (Fsp3) is 0.346. The van der Waals surface area contributed by atoms with Crippen molar-refractivity contribution in [2.75, 3.05) is 13.2 Å². The summed E-state index contributed by atoms with van der Waals surface area (Å²) in [7, 11) is 0. The maximum atomic E-state index is 13.9. The predicted octanol–water partition coefficient (Wildman–Crippen LogP) is 6.29. The van der Waals surface area contributed by atoms with E-state index in [2.05, 4.69) is 15.1 Å². The smallest absolute Gasteiger partial charge is 0.159 e. The Morgan fingerprint density at radius 3 is 2.36 bits per heavy atom. The molecular formula is C26H28F2N4O. The third-order valence-electron chi connectivity index (χ3n) is 5.49. The molecule has 0 radical (unpaired) electrons. The van der Waals surface area contributed by atoms with Crippen LogP contribution < -0.4 is 0 Å². The third-order valence-corrected chi connectivity index (χ3v) is 5.49. The largest absolute Gasteiger partial charge is 0.381 e. The number of hydrogen-bond donors (Lipinski definition) is 0. The summed E-state index contributed by atoms with van der Waals surface area (Å²) in [5, 5.41) is 4.84. The molecule has 2 fully saturated rings. The number of benzene rings is 1. The van der Waals surface area contributed by atoms with Gasteiger partial charge in [0, 0.05) is 54.5 Å². The van der Waals surface area contributed by atoms with E-state index in [-0.39, 0.29) is 0 Å². The molecule has 4 heterocycles. The van der Waals surface area contributed by atoms with Gasteiger partial charge in [0.05, 0.1) is 6.04 Å². The maximum absolute atomic E-state index is 13.9. The minimum Gasteiger partial charge on any atom is -0.381 e. The van der Waals surface area contributed by atoms with Crippen LogP contribution in [-0.4, -0.2) is 33.0 Å². The van der Waals surface area contributed by atoms with Crippen LogP contribution in [0.3, 0.4) is 0 Å². The zero-order chi connectivity index (χ0) is 23.0. The van der Waals surface area contributed by atoms with Gasteiger partial charge in [-0.25, -0.2) is 18.7 Å². The molecule has 0 amide bonds. The summed E-state index contributed by atoms with van der Waals surface area (Å²) in [6.45, 7) is 3.87. The quantitative estimate of drug-likeness (QED) is 0.360. The first kappa shape index (κ1) is 23.0. The summed E-state index contributed by atoms with van der Waals surface area (Å²) >= 11 is 0. The van der Waals surface area contributed by atoms with E-state index in [9.17, 15) is 8.78 Å². The molecule has 6 rings (SSSR count). The van der Waals surface area contributed by atoms with Gasteiger partial charge in [-0.15, -0.1) is 0 Å². The van der Waals surface area contributed by atoms with Gasteiger partial charge in [-0.2, -0.15) is 5.10 Å². The standard InChI is InChI=1S/C15H10F2N2.C6H8N2.C5H10O/c1-9-2-4-13-11(6-7-18-15(13)19-9)12-5-3-10(16)8-14(12)17;1-4-7-8(5-1)6-2-3-6;1-2-4-6-5-3-1/h2-8H,1H3;1,4-6H,2-3H2;1-5H2. The Morgan fingerprint density at radius 1 is 0.939 bits per heavy atom. The highest BCUT2D eigenvalue weighted by atomic mass is 19.1. The average Bonchev–Trinajstić information content (AvgIpc) is 3.54. The molecule has 3 aromatic heterocycles. The number of aromatic nitrogens is 4. The van der Waals surface area contributed by atoms with Gasteiger partial charge in [0.2, 0.25) is 0 Å². The summed E-state index contributed by atoms with van der Waals surface area (Å²) < 4.78 is 33.9. The van der Waals surface area contributed by atoms with E-state index in [1.54, 1.807) is 12.3 Å². The second-order valence-electron chi connectivity index (χ2n) is 8.20. The molecule has 0 atom stereocenters. The van der Waals surface area contributed by atoms with Gasteiger partial charge in [0.1, 0.15) is 11.6 Å². The average molecular weight is 451 g/mol. The fourth-order valence-corrected chi connectivity index (χ4v) is 3.59. The van der Waals surface area contributed by atoms with E-state index in [1.807, 2.05) is 42.2 Å². The lowest BCUT2D eigenvalue weighted by molar-refractivity contribution is 0.0968. The molecule has 1 saturated heterocycles. The zero-order valence-electron chi connectivity index (χ0n) is 18.8. The SMILES string of the molecule is C1CCOCC1.Cc1ccc2c(-c3ccc(F)cc3F)ccnc2n1.c1cnn(C2CC2)c1. The van der Waals surface area contributed by atoms with Crippen LogP contribution in [0, 0.1) is 18.6 Å². The highest BCUT2D eigenvalue weighted by Crippen LogP contribution is 2.33. The van der Waals surface area contributed by atoms with Crippen LogP contribution in [0.15, 0.2) is 61.1 Å². The van der Waals surface area contributed by atoms with Gasteiger partial charge in [0.25, 0.3) is 0 Å². The van der Waals surface area contributed by atoms with Gasteiger partial charge >= 0.3 is 0 Å². The maximum Gasteiger partial charge on any atom is 0.159 e. The van der Waals surface area contributed by atoms with E-state index in [0.717, 1.165) is 36.4 Å². The van der Waals surface area contributed by atoms with Crippen LogP contribution in [0.5, 0.6) is 0 Å². The normalized spacial score (nSPS) is 15.2. The monoisotopic (exact) mass is 450 g/mol. The van der Waals surface area contributed by atoms with E-state index in [0.29, 0.717) is 16.8 Å². The molecule has 7 heteroatoms. The molecule has 5 nitrogen and oxygen atoms in total. The zero-order valence-corrected chi connectivity index (χ0v) is 18.8. The number of nitrogens with zero attached hydrogens (tertiary/aromatic N) is 4. The van der Waals surface area contributed by atoms with Crippen molar-refractivity contribution >= 4 is 11.0 Å². The van der Waals surface area contributed by atoms with Crippen LogP contribution in [-0.2, 0) is 4.74 Å². The first-order valence-electron chi connectivity index (χ1n) is 11.4. The van der Waals surface area contributed by atoms with Crippen LogP contribution in [0.1, 0.15) is 43.8 Å². The van der Waals surface area contributed by atoms with Gasteiger partial charge in [-0.05, 0) is 81.0 Å². The molecule has 172 valence electrons. The van der Waals surface area contributed by atoms with Gasteiger partial charge < -0.3 is 4.74 Å². The van der Waals surface area contributed by atoms with Crippen molar-refractivity contribution in [3.63, 3.8) is 0 Å². The van der Waals surface area contributed by atoms with Gasteiger partial charge in [-0.1, -0.05) is 0 Å². The Balaban J connectivity index is 0.000000150. The van der Waals surface area contributed by atoms with Crippen molar-refractivity contribution in [3.05, 3.63) is 78.4 Å².